The zero-order chi connectivity index (χ0) is 15.0. The van der Waals surface area contributed by atoms with Crippen LogP contribution in [0.25, 0.3) is 0 Å². The average molecular weight is 326 g/mol. The third kappa shape index (κ3) is 2.70. The molecule has 1 aliphatic heterocycles. The van der Waals surface area contributed by atoms with E-state index in [9.17, 15) is 9.90 Å². The number of aromatic hydroxyl groups is 1. The van der Waals surface area contributed by atoms with Gasteiger partial charge in [-0.3, -0.25) is 4.79 Å². The highest BCUT2D eigenvalue weighted by Crippen LogP contribution is 2.35. The molecular weight excluding hydrogens is 317 g/mol. The Morgan fingerprint density at radius 1 is 1.10 bits per heavy atom. The summed E-state index contributed by atoms with van der Waals surface area (Å²) >= 11 is 11.6. The van der Waals surface area contributed by atoms with Crippen LogP contribution in [-0.2, 0) is 0 Å². The van der Waals surface area contributed by atoms with E-state index in [0.29, 0.717) is 22.7 Å². The smallest absolute Gasteiger partial charge is 0.255 e. The summed E-state index contributed by atoms with van der Waals surface area (Å²) in [6.07, 6.45) is 0. The number of hydrogen-bond donors (Lipinski definition) is 2. The van der Waals surface area contributed by atoms with Gasteiger partial charge in [0.05, 0.1) is 10.0 Å². The van der Waals surface area contributed by atoms with E-state index in [1.165, 1.54) is 12.1 Å². The summed E-state index contributed by atoms with van der Waals surface area (Å²) in [7, 11) is 0. The van der Waals surface area contributed by atoms with Gasteiger partial charge in [0.25, 0.3) is 5.91 Å². The summed E-state index contributed by atoms with van der Waals surface area (Å²) in [6, 6.07) is 7.68. The van der Waals surface area contributed by atoms with E-state index in [0.717, 1.165) is 0 Å². The Labute approximate surface area is 130 Å². The first-order valence-electron chi connectivity index (χ1n) is 5.93. The molecule has 0 saturated heterocycles. The molecule has 1 aliphatic rings. The molecule has 1 heterocycles. The van der Waals surface area contributed by atoms with Crippen LogP contribution in [0.2, 0.25) is 10.0 Å². The molecule has 0 unspecified atom stereocenters. The number of fused-ring (bicyclic) bond motifs is 1. The molecule has 2 aromatic carbocycles. The quantitative estimate of drug-likeness (QED) is 0.826. The van der Waals surface area contributed by atoms with Crippen LogP contribution in [0.1, 0.15) is 10.4 Å². The third-order valence-electron chi connectivity index (χ3n) is 2.91. The lowest BCUT2D eigenvalue weighted by Gasteiger charge is -2.08. The van der Waals surface area contributed by atoms with Crippen LogP contribution in [-0.4, -0.2) is 17.8 Å². The van der Waals surface area contributed by atoms with Gasteiger partial charge in [0.15, 0.2) is 17.2 Å². The van der Waals surface area contributed by atoms with Gasteiger partial charge in [0, 0.05) is 11.3 Å². The lowest BCUT2D eigenvalue weighted by Crippen LogP contribution is -2.11. The van der Waals surface area contributed by atoms with Gasteiger partial charge in [-0.25, -0.2) is 0 Å². The molecule has 5 nitrogen and oxygen atoms in total. The Balaban J connectivity index is 1.83. The van der Waals surface area contributed by atoms with Crippen LogP contribution < -0.4 is 14.8 Å². The van der Waals surface area contributed by atoms with Gasteiger partial charge in [0.2, 0.25) is 6.79 Å². The number of hydrogen-bond acceptors (Lipinski definition) is 4. The molecule has 0 aromatic heterocycles. The van der Waals surface area contributed by atoms with Crippen LogP contribution in [0.4, 0.5) is 5.69 Å². The van der Waals surface area contributed by atoms with Crippen molar-refractivity contribution in [3.05, 3.63) is 45.9 Å². The molecule has 0 aliphatic carbocycles. The Hall–Kier alpha value is -2.11. The minimum Gasteiger partial charge on any atom is -0.505 e. The maximum atomic E-state index is 12.2. The predicted molar refractivity (Wildman–Crippen MR) is 78.6 cm³/mol. The average Bonchev–Trinajstić information content (AvgIpc) is 2.91. The number of benzene rings is 2. The van der Waals surface area contributed by atoms with Crippen molar-refractivity contribution >= 4 is 34.8 Å². The fraction of sp³-hybridized carbons (Fsp3) is 0.0714. The molecule has 2 aromatic rings. The monoisotopic (exact) mass is 325 g/mol. The van der Waals surface area contributed by atoms with Crippen molar-refractivity contribution in [2.24, 2.45) is 0 Å². The first kappa shape index (κ1) is 13.9. The Bertz CT molecular complexity index is 710. The lowest BCUT2D eigenvalue weighted by atomic mass is 10.2. The summed E-state index contributed by atoms with van der Waals surface area (Å²) in [5.74, 6) is 0.539. The molecule has 0 atom stereocenters. The lowest BCUT2D eigenvalue weighted by molar-refractivity contribution is 0.102. The van der Waals surface area contributed by atoms with E-state index < -0.39 is 0 Å². The molecule has 0 bridgehead atoms. The second-order valence-corrected chi connectivity index (χ2v) is 5.13. The Kier molecular flexibility index (Phi) is 3.53. The zero-order valence-electron chi connectivity index (χ0n) is 10.5. The van der Waals surface area contributed by atoms with Crippen LogP contribution in [0, 0.1) is 0 Å². The number of anilines is 1. The fourth-order valence-electron chi connectivity index (χ4n) is 1.88. The fourth-order valence-corrected chi connectivity index (χ4v) is 2.37. The van der Waals surface area contributed by atoms with Crippen LogP contribution in [0.5, 0.6) is 17.2 Å². The molecule has 0 spiro atoms. The highest BCUT2D eigenvalue weighted by Gasteiger charge is 2.17. The van der Waals surface area contributed by atoms with Crippen molar-refractivity contribution in [3.63, 3.8) is 0 Å². The first-order chi connectivity index (χ1) is 10.0. The molecule has 21 heavy (non-hydrogen) atoms. The largest absolute Gasteiger partial charge is 0.505 e. The van der Waals surface area contributed by atoms with Crippen LogP contribution in [0.15, 0.2) is 30.3 Å². The van der Waals surface area contributed by atoms with Crippen molar-refractivity contribution in [1.82, 2.24) is 0 Å². The number of carbonyl (C=O) groups excluding carboxylic acids is 1. The van der Waals surface area contributed by atoms with Crippen molar-refractivity contribution in [2.75, 3.05) is 12.1 Å². The van der Waals surface area contributed by atoms with E-state index >= 15 is 0 Å². The van der Waals surface area contributed by atoms with Gasteiger partial charge in [-0.1, -0.05) is 23.2 Å². The maximum Gasteiger partial charge on any atom is 0.255 e. The summed E-state index contributed by atoms with van der Waals surface area (Å²) in [6.45, 7) is 0.142. The van der Waals surface area contributed by atoms with Gasteiger partial charge in [-0.2, -0.15) is 0 Å². The Morgan fingerprint density at radius 2 is 1.76 bits per heavy atom. The minimum atomic E-state index is -0.355. The van der Waals surface area contributed by atoms with Crippen molar-refractivity contribution < 1.29 is 19.4 Å². The highest BCUT2D eigenvalue weighted by atomic mass is 35.5. The normalized spacial score (nSPS) is 12.3. The number of amides is 1. The summed E-state index contributed by atoms with van der Waals surface area (Å²) in [5, 5.41) is 12.2. The van der Waals surface area contributed by atoms with Crippen LogP contribution in [0.3, 0.4) is 0 Å². The van der Waals surface area contributed by atoms with E-state index in [4.69, 9.17) is 32.7 Å². The second kappa shape index (κ2) is 5.35. The van der Waals surface area contributed by atoms with E-state index in [1.807, 2.05) is 0 Å². The highest BCUT2D eigenvalue weighted by molar-refractivity contribution is 6.37. The summed E-state index contributed by atoms with van der Waals surface area (Å²) in [4.78, 5) is 12.2. The SMILES string of the molecule is O=C(Nc1cc(Cl)c(O)c(Cl)c1)c1ccc2c(c1)OCO2. The van der Waals surface area contributed by atoms with Crippen LogP contribution >= 0.6 is 23.2 Å². The van der Waals surface area contributed by atoms with Gasteiger partial charge in [-0.05, 0) is 30.3 Å². The summed E-state index contributed by atoms with van der Waals surface area (Å²) in [5.41, 5.74) is 0.782. The Morgan fingerprint density at radius 3 is 2.48 bits per heavy atom. The number of phenolic OH excluding ortho intramolecular Hbond substituents is 1. The van der Waals surface area contributed by atoms with Gasteiger partial charge in [0.1, 0.15) is 0 Å². The molecule has 0 fully saturated rings. The van der Waals surface area contributed by atoms with E-state index in [2.05, 4.69) is 5.32 Å². The number of carbonyl (C=O) groups is 1. The molecule has 108 valence electrons. The maximum absolute atomic E-state index is 12.2. The minimum absolute atomic E-state index is 0.0588. The predicted octanol–water partition coefficient (Wildman–Crippen LogP) is 3.68. The first-order valence-corrected chi connectivity index (χ1v) is 6.69. The van der Waals surface area contributed by atoms with Crippen molar-refractivity contribution in [1.29, 1.82) is 0 Å². The van der Waals surface area contributed by atoms with Crippen molar-refractivity contribution in [3.8, 4) is 17.2 Å². The van der Waals surface area contributed by atoms with Gasteiger partial charge in [-0.15, -0.1) is 0 Å². The third-order valence-corrected chi connectivity index (χ3v) is 3.49. The molecule has 3 rings (SSSR count). The number of rotatable bonds is 2. The molecule has 0 radical (unpaired) electrons. The summed E-state index contributed by atoms with van der Waals surface area (Å²) < 4.78 is 10.4. The molecule has 2 N–H and O–H groups in total. The molecule has 0 saturated carbocycles. The van der Waals surface area contributed by atoms with Crippen molar-refractivity contribution in [2.45, 2.75) is 0 Å². The van der Waals surface area contributed by atoms with Gasteiger partial charge < -0.3 is 19.9 Å². The molecule has 1 amide bonds. The van der Waals surface area contributed by atoms with E-state index in [-0.39, 0.29) is 28.5 Å². The molecule has 7 heteroatoms. The second-order valence-electron chi connectivity index (χ2n) is 4.31. The standard InChI is InChI=1S/C14H9Cl2NO4/c15-9-4-8(5-10(16)13(9)18)17-14(19)7-1-2-11-12(3-7)21-6-20-11/h1-5,18H,6H2,(H,17,19). The van der Waals surface area contributed by atoms with Gasteiger partial charge >= 0.3 is 0 Å². The molecular formula is C14H9Cl2NO4. The zero-order valence-corrected chi connectivity index (χ0v) is 12.0. The number of halogens is 2. The number of ether oxygens (including phenoxy) is 2. The number of nitrogens with one attached hydrogen (secondary N) is 1. The topological polar surface area (TPSA) is 67.8 Å². The van der Waals surface area contributed by atoms with E-state index in [1.54, 1.807) is 18.2 Å². The number of phenols is 1.